The topological polar surface area (TPSA) is 3.24 Å². The molecule has 0 saturated carbocycles. The molecule has 3 rings (SSSR count). The van der Waals surface area contributed by atoms with Crippen LogP contribution in [0.15, 0.2) is 65.7 Å². The third-order valence-electron chi connectivity index (χ3n) is 2.30. The number of nitrogens with zero attached hydrogens (tertiary/aromatic N) is 1. The maximum Gasteiger partial charge on any atom is 0.0540 e. The first-order valence-corrected chi connectivity index (χ1v) is 4.32. The highest BCUT2D eigenvalue weighted by atomic mass is 15.2. The molecule has 0 saturated heterocycles. The summed E-state index contributed by atoms with van der Waals surface area (Å²) >= 11 is 0. The summed E-state index contributed by atoms with van der Waals surface area (Å²) in [5.41, 5.74) is 3.55. The molecule has 1 nitrogen and oxygen atoms in total. The van der Waals surface area contributed by atoms with Crippen molar-refractivity contribution < 1.29 is 0 Å². The van der Waals surface area contributed by atoms with Crippen LogP contribution in [0, 0.1) is 6.08 Å². The molecule has 0 spiro atoms. The summed E-state index contributed by atoms with van der Waals surface area (Å²) in [7, 11) is 0. The zero-order chi connectivity index (χ0) is 8.67. The number of rotatable bonds is 0. The van der Waals surface area contributed by atoms with Crippen molar-refractivity contribution in [3.05, 3.63) is 71.8 Å². The minimum Gasteiger partial charge on any atom is -0.310 e. The van der Waals surface area contributed by atoms with Crippen molar-refractivity contribution in [2.45, 2.75) is 0 Å². The minimum atomic E-state index is 1.12. The maximum atomic E-state index is 3.21. The fourth-order valence-electron chi connectivity index (χ4n) is 1.72. The molecule has 0 aliphatic carbocycles. The van der Waals surface area contributed by atoms with Crippen molar-refractivity contribution in [3.8, 4) is 0 Å². The normalized spacial score (nSPS) is 22.2. The van der Waals surface area contributed by atoms with Crippen LogP contribution >= 0.6 is 0 Å². The highest BCUT2D eigenvalue weighted by Gasteiger charge is 2.20. The van der Waals surface area contributed by atoms with E-state index in [9.17, 15) is 0 Å². The van der Waals surface area contributed by atoms with E-state index in [-0.39, 0.29) is 0 Å². The lowest BCUT2D eigenvalue weighted by Crippen LogP contribution is -2.24. The summed E-state index contributed by atoms with van der Waals surface area (Å²) in [6.07, 6.45) is 19.8. The molecule has 0 aromatic rings. The second-order valence-electron chi connectivity index (χ2n) is 3.10. The van der Waals surface area contributed by atoms with Gasteiger partial charge in [0, 0.05) is 17.5 Å². The van der Waals surface area contributed by atoms with Crippen molar-refractivity contribution in [1.82, 2.24) is 4.90 Å². The molecule has 1 heteroatoms. The van der Waals surface area contributed by atoms with E-state index in [2.05, 4.69) is 53.5 Å². The van der Waals surface area contributed by atoms with Crippen LogP contribution in [0.4, 0.5) is 0 Å². The number of allylic oxidation sites excluding steroid dienone is 9. The van der Waals surface area contributed by atoms with Crippen molar-refractivity contribution in [1.29, 1.82) is 0 Å². The lowest BCUT2D eigenvalue weighted by Gasteiger charge is -2.32. The lowest BCUT2D eigenvalue weighted by molar-refractivity contribution is 0.558. The van der Waals surface area contributed by atoms with Gasteiger partial charge in [0.25, 0.3) is 0 Å². The van der Waals surface area contributed by atoms with Crippen LogP contribution in [-0.2, 0) is 0 Å². The molecule has 0 amide bonds. The Morgan fingerprint density at radius 3 is 2.62 bits per heavy atom. The van der Waals surface area contributed by atoms with Crippen LogP contribution in [0.1, 0.15) is 0 Å². The van der Waals surface area contributed by atoms with E-state index in [1.54, 1.807) is 0 Å². The molecule has 0 aromatic heterocycles. The molecule has 0 aromatic carbocycles. The first kappa shape index (κ1) is 6.72. The second-order valence-corrected chi connectivity index (χ2v) is 3.10. The van der Waals surface area contributed by atoms with Crippen molar-refractivity contribution in [2.24, 2.45) is 0 Å². The highest BCUT2D eigenvalue weighted by Crippen LogP contribution is 2.30. The SMILES string of the molecule is [C]1=CC=C2C=CC=C3C=CC=C1N23. The zero-order valence-corrected chi connectivity index (χ0v) is 7.07. The smallest absolute Gasteiger partial charge is 0.0540 e. The second kappa shape index (κ2) is 2.36. The van der Waals surface area contributed by atoms with Crippen LogP contribution in [0.5, 0.6) is 0 Å². The van der Waals surface area contributed by atoms with Gasteiger partial charge in [-0.1, -0.05) is 18.2 Å². The fourth-order valence-corrected chi connectivity index (χ4v) is 1.72. The van der Waals surface area contributed by atoms with E-state index < -0.39 is 0 Å². The molecular formula is C12H8N. The molecule has 3 aliphatic rings. The number of hydrogen-bond acceptors (Lipinski definition) is 1. The average Bonchev–Trinajstić information content (AvgIpc) is 2.19. The molecule has 0 atom stereocenters. The van der Waals surface area contributed by atoms with Gasteiger partial charge in [-0.05, 0) is 30.4 Å². The van der Waals surface area contributed by atoms with E-state index in [0.29, 0.717) is 0 Å². The molecule has 61 valence electrons. The minimum absolute atomic E-state index is 1.12. The van der Waals surface area contributed by atoms with Crippen LogP contribution in [0.3, 0.4) is 0 Å². The lowest BCUT2D eigenvalue weighted by atomic mass is 10.1. The summed E-state index contributed by atoms with van der Waals surface area (Å²) in [6.45, 7) is 0. The van der Waals surface area contributed by atoms with Gasteiger partial charge in [0.05, 0.1) is 5.70 Å². The van der Waals surface area contributed by atoms with Gasteiger partial charge in [-0.15, -0.1) is 0 Å². The Morgan fingerprint density at radius 2 is 1.69 bits per heavy atom. The Hall–Kier alpha value is -1.76. The average molecular weight is 166 g/mol. The maximum absolute atomic E-state index is 3.21. The predicted octanol–water partition coefficient (Wildman–Crippen LogP) is 2.45. The van der Waals surface area contributed by atoms with Gasteiger partial charge in [0.1, 0.15) is 0 Å². The summed E-state index contributed by atoms with van der Waals surface area (Å²) < 4.78 is 0. The monoisotopic (exact) mass is 166 g/mol. The van der Waals surface area contributed by atoms with E-state index >= 15 is 0 Å². The van der Waals surface area contributed by atoms with Gasteiger partial charge >= 0.3 is 0 Å². The summed E-state index contributed by atoms with van der Waals surface area (Å²) in [6, 6.07) is 0. The quantitative estimate of drug-likeness (QED) is 0.534. The molecule has 1 radical (unpaired) electrons. The van der Waals surface area contributed by atoms with E-state index in [0.717, 1.165) is 5.70 Å². The van der Waals surface area contributed by atoms with Crippen LogP contribution in [0.25, 0.3) is 0 Å². The van der Waals surface area contributed by atoms with E-state index in [4.69, 9.17) is 0 Å². The van der Waals surface area contributed by atoms with Gasteiger partial charge in [-0.3, -0.25) is 0 Å². The Bertz CT molecular complexity index is 361. The molecular weight excluding hydrogens is 158 g/mol. The van der Waals surface area contributed by atoms with Crippen molar-refractivity contribution >= 4 is 0 Å². The van der Waals surface area contributed by atoms with Crippen molar-refractivity contribution in [3.63, 3.8) is 0 Å². The first-order chi connectivity index (χ1) is 6.45. The molecule has 3 aliphatic heterocycles. The van der Waals surface area contributed by atoms with Gasteiger partial charge in [0.15, 0.2) is 0 Å². The Morgan fingerprint density at radius 1 is 0.923 bits per heavy atom. The number of hydrogen-bond donors (Lipinski definition) is 0. The van der Waals surface area contributed by atoms with Crippen LogP contribution < -0.4 is 0 Å². The zero-order valence-electron chi connectivity index (χ0n) is 7.07. The summed E-state index contributed by atoms with van der Waals surface area (Å²) in [4.78, 5) is 2.19. The Balaban J connectivity index is 2.23. The highest BCUT2D eigenvalue weighted by molar-refractivity contribution is 5.49. The molecule has 0 unspecified atom stereocenters. The van der Waals surface area contributed by atoms with Crippen LogP contribution in [-0.4, -0.2) is 4.90 Å². The third kappa shape index (κ3) is 0.872. The van der Waals surface area contributed by atoms with Crippen molar-refractivity contribution in [2.75, 3.05) is 0 Å². The molecule has 3 heterocycles. The van der Waals surface area contributed by atoms with Gasteiger partial charge < -0.3 is 4.90 Å². The largest absolute Gasteiger partial charge is 0.310 e. The standard InChI is InChI=1S/C12H8N/c1-4-10-6-2-8-12-9-3-7-11(5-1)13(10)12/h1-8H. The van der Waals surface area contributed by atoms with Gasteiger partial charge in [-0.2, -0.15) is 0 Å². The Labute approximate surface area is 77.4 Å². The first-order valence-electron chi connectivity index (χ1n) is 4.32. The fraction of sp³-hybridized carbons (Fsp3) is 0. The van der Waals surface area contributed by atoms with E-state index in [1.807, 2.05) is 6.08 Å². The van der Waals surface area contributed by atoms with E-state index in [1.165, 1.54) is 11.4 Å². The van der Waals surface area contributed by atoms with Crippen LogP contribution in [0.2, 0.25) is 0 Å². The predicted molar refractivity (Wildman–Crippen MR) is 52.2 cm³/mol. The van der Waals surface area contributed by atoms with Gasteiger partial charge in [-0.25, -0.2) is 0 Å². The summed E-state index contributed by atoms with van der Waals surface area (Å²) in [5, 5.41) is 0. The molecule has 13 heavy (non-hydrogen) atoms. The third-order valence-corrected chi connectivity index (χ3v) is 2.30. The molecule has 0 N–H and O–H groups in total. The molecule has 0 fully saturated rings. The molecule has 0 bridgehead atoms. The summed E-state index contributed by atoms with van der Waals surface area (Å²) in [5.74, 6) is 0. The Kier molecular flexibility index (Phi) is 1.22. The van der Waals surface area contributed by atoms with Gasteiger partial charge in [0.2, 0.25) is 0 Å².